The minimum Gasteiger partial charge on any atom is -0.494 e. The van der Waals surface area contributed by atoms with Gasteiger partial charge in [-0.3, -0.25) is 4.57 Å². The van der Waals surface area contributed by atoms with Gasteiger partial charge < -0.3 is 9.84 Å². The lowest BCUT2D eigenvalue weighted by Crippen LogP contribution is -2.06. The van der Waals surface area contributed by atoms with Crippen molar-refractivity contribution in [3.05, 3.63) is 53.7 Å². The van der Waals surface area contributed by atoms with E-state index in [0.717, 1.165) is 11.3 Å². The molecule has 1 aliphatic heterocycles. The third-order valence-corrected chi connectivity index (χ3v) is 2.69. The lowest BCUT2D eigenvalue weighted by molar-refractivity contribution is 0.0591. The number of ether oxygens (including phenoxy) is 1. The number of fused-ring (bicyclic) bond motifs is 1. The normalized spacial score (nSPS) is 19.1. The molecule has 1 N–H and O–H groups in total. The molecule has 0 bridgehead atoms. The SMILES string of the molecule is Oc1ccc2n1[C@H](c1ccccc1)OC2. The van der Waals surface area contributed by atoms with Crippen molar-refractivity contribution in [1.29, 1.82) is 0 Å². The van der Waals surface area contributed by atoms with Crippen molar-refractivity contribution in [1.82, 2.24) is 4.57 Å². The van der Waals surface area contributed by atoms with Crippen LogP contribution in [0.25, 0.3) is 0 Å². The number of aromatic hydroxyl groups is 1. The third-order valence-electron chi connectivity index (χ3n) is 2.69. The predicted octanol–water partition coefficient (Wildman–Crippen LogP) is 2.27. The topological polar surface area (TPSA) is 34.4 Å². The van der Waals surface area contributed by atoms with E-state index in [9.17, 15) is 5.11 Å². The van der Waals surface area contributed by atoms with Crippen LogP contribution < -0.4 is 0 Å². The van der Waals surface area contributed by atoms with E-state index in [1.807, 2.05) is 41.0 Å². The summed E-state index contributed by atoms with van der Waals surface area (Å²) in [5.74, 6) is 0.261. The van der Waals surface area contributed by atoms with E-state index in [0.29, 0.717) is 6.61 Å². The van der Waals surface area contributed by atoms with Crippen LogP contribution in [0.3, 0.4) is 0 Å². The summed E-state index contributed by atoms with van der Waals surface area (Å²) in [6.07, 6.45) is -0.184. The van der Waals surface area contributed by atoms with Gasteiger partial charge in [-0.2, -0.15) is 0 Å². The monoisotopic (exact) mass is 201 g/mol. The van der Waals surface area contributed by atoms with Crippen LogP contribution in [0.4, 0.5) is 0 Å². The lowest BCUT2D eigenvalue weighted by atomic mass is 10.2. The molecule has 76 valence electrons. The van der Waals surface area contributed by atoms with E-state index in [-0.39, 0.29) is 12.1 Å². The first kappa shape index (κ1) is 8.56. The molecule has 0 fully saturated rings. The molecule has 3 nitrogen and oxygen atoms in total. The average Bonchev–Trinajstić information content (AvgIpc) is 2.84. The van der Waals surface area contributed by atoms with Gasteiger partial charge in [-0.05, 0) is 6.07 Å². The van der Waals surface area contributed by atoms with Crippen molar-refractivity contribution in [2.45, 2.75) is 12.8 Å². The second-order valence-corrected chi connectivity index (χ2v) is 3.63. The summed E-state index contributed by atoms with van der Waals surface area (Å²) in [5.41, 5.74) is 2.07. The van der Waals surface area contributed by atoms with Gasteiger partial charge in [0.2, 0.25) is 0 Å². The highest BCUT2D eigenvalue weighted by atomic mass is 16.5. The number of rotatable bonds is 1. The number of aromatic nitrogens is 1. The van der Waals surface area contributed by atoms with Crippen molar-refractivity contribution >= 4 is 0 Å². The summed E-state index contributed by atoms with van der Waals surface area (Å²) in [6, 6.07) is 13.5. The van der Waals surface area contributed by atoms with Crippen LogP contribution in [0.2, 0.25) is 0 Å². The fourth-order valence-corrected chi connectivity index (χ4v) is 1.97. The summed E-state index contributed by atoms with van der Waals surface area (Å²) >= 11 is 0. The summed E-state index contributed by atoms with van der Waals surface area (Å²) in [6.45, 7) is 0.556. The second-order valence-electron chi connectivity index (χ2n) is 3.63. The molecule has 0 unspecified atom stereocenters. The van der Waals surface area contributed by atoms with Crippen LogP contribution in [0.1, 0.15) is 17.5 Å². The molecule has 0 amide bonds. The van der Waals surface area contributed by atoms with E-state index >= 15 is 0 Å². The molecule has 2 aromatic rings. The van der Waals surface area contributed by atoms with Gasteiger partial charge in [0, 0.05) is 17.3 Å². The van der Waals surface area contributed by atoms with E-state index < -0.39 is 0 Å². The molecule has 0 spiro atoms. The number of hydrogen-bond acceptors (Lipinski definition) is 2. The largest absolute Gasteiger partial charge is 0.494 e. The molecule has 1 aliphatic rings. The summed E-state index contributed by atoms with van der Waals surface area (Å²) in [5, 5.41) is 9.69. The van der Waals surface area contributed by atoms with Crippen molar-refractivity contribution in [3.8, 4) is 5.88 Å². The number of benzene rings is 1. The Morgan fingerprint density at radius 1 is 1.13 bits per heavy atom. The fourth-order valence-electron chi connectivity index (χ4n) is 1.97. The van der Waals surface area contributed by atoms with Gasteiger partial charge in [-0.25, -0.2) is 0 Å². The Labute approximate surface area is 87.5 Å². The molecular weight excluding hydrogens is 190 g/mol. The molecule has 3 heteroatoms. The maximum atomic E-state index is 9.69. The van der Waals surface area contributed by atoms with Crippen LogP contribution in [0.15, 0.2) is 42.5 Å². The molecule has 0 saturated carbocycles. The highest BCUT2D eigenvalue weighted by Crippen LogP contribution is 2.34. The van der Waals surface area contributed by atoms with Crippen molar-refractivity contribution in [3.63, 3.8) is 0 Å². The van der Waals surface area contributed by atoms with Gasteiger partial charge >= 0.3 is 0 Å². The molecular formula is C12H11NO2. The van der Waals surface area contributed by atoms with Gasteiger partial charge in [0.25, 0.3) is 0 Å². The minimum atomic E-state index is -0.184. The van der Waals surface area contributed by atoms with Gasteiger partial charge in [-0.1, -0.05) is 30.3 Å². The zero-order chi connectivity index (χ0) is 10.3. The molecule has 1 aromatic heterocycles. The van der Waals surface area contributed by atoms with Gasteiger partial charge in [0.15, 0.2) is 12.1 Å². The number of hydrogen-bond donors (Lipinski definition) is 1. The molecule has 1 atom stereocenters. The van der Waals surface area contributed by atoms with Crippen molar-refractivity contribution in [2.75, 3.05) is 0 Å². The van der Waals surface area contributed by atoms with Crippen molar-refractivity contribution in [2.24, 2.45) is 0 Å². The zero-order valence-corrected chi connectivity index (χ0v) is 8.13. The Kier molecular flexibility index (Phi) is 1.79. The van der Waals surface area contributed by atoms with Crippen LogP contribution in [-0.4, -0.2) is 9.67 Å². The number of nitrogens with zero attached hydrogens (tertiary/aromatic N) is 1. The van der Waals surface area contributed by atoms with Crippen LogP contribution >= 0.6 is 0 Å². The highest BCUT2D eigenvalue weighted by molar-refractivity contribution is 5.28. The summed E-state index contributed by atoms with van der Waals surface area (Å²) in [7, 11) is 0. The Morgan fingerprint density at radius 2 is 1.93 bits per heavy atom. The lowest BCUT2D eigenvalue weighted by Gasteiger charge is -2.13. The Bertz CT molecular complexity index is 476. The van der Waals surface area contributed by atoms with E-state index in [4.69, 9.17) is 4.74 Å². The minimum absolute atomic E-state index is 0.184. The van der Waals surface area contributed by atoms with Crippen LogP contribution in [-0.2, 0) is 11.3 Å². The van der Waals surface area contributed by atoms with E-state index in [1.54, 1.807) is 6.07 Å². The second kappa shape index (κ2) is 3.14. The summed E-state index contributed by atoms with van der Waals surface area (Å²) in [4.78, 5) is 0. The predicted molar refractivity (Wildman–Crippen MR) is 55.5 cm³/mol. The van der Waals surface area contributed by atoms with Crippen LogP contribution in [0, 0.1) is 0 Å². The first-order valence-corrected chi connectivity index (χ1v) is 4.92. The van der Waals surface area contributed by atoms with Gasteiger partial charge in [0.05, 0.1) is 6.61 Å². The Morgan fingerprint density at radius 3 is 2.73 bits per heavy atom. The third kappa shape index (κ3) is 1.24. The standard InChI is InChI=1S/C12H11NO2/c14-11-7-6-10-8-15-12(13(10)11)9-4-2-1-3-5-9/h1-7,12,14H,8H2/t12-/m0/s1. The molecule has 0 aliphatic carbocycles. The molecule has 2 heterocycles. The summed E-state index contributed by atoms with van der Waals surface area (Å²) < 4.78 is 7.45. The smallest absolute Gasteiger partial charge is 0.193 e. The first-order valence-electron chi connectivity index (χ1n) is 4.92. The van der Waals surface area contributed by atoms with E-state index in [1.165, 1.54) is 0 Å². The molecule has 15 heavy (non-hydrogen) atoms. The molecule has 0 saturated heterocycles. The fraction of sp³-hybridized carbons (Fsp3) is 0.167. The van der Waals surface area contributed by atoms with Gasteiger partial charge in [-0.15, -0.1) is 0 Å². The molecule has 1 aromatic carbocycles. The quantitative estimate of drug-likeness (QED) is 0.768. The molecule has 3 rings (SSSR count). The highest BCUT2D eigenvalue weighted by Gasteiger charge is 2.25. The molecule has 0 radical (unpaired) electrons. The Balaban J connectivity index is 2.07. The van der Waals surface area contributed by atoms with Gasteiger partial charge in [0.1, 0.15) is 0 Å². The zero-order valence-electron chi connectivity index (χ0n) is 8.13. The maximum Gasteiger partial charge on any atom is 0.193 e. The van der Waals surface area contributed by atoms with Crippen LogP contribution in [0.5, 0.6) is 5.88 Å². The Hall–Kier alpha value is -1.74. The first-order chi connectivity index (χ1) is 7.36. The average molecular weight is 201 g/mol. The van der Waals surface area contributed by atoms with E-state index in [2.05, 4.69) is 0 Å². The maximum absolute atomic E-state index is 9.69. The van der Waals surface area contributed by atoms with Crippen molar-refractivity contribution < 1.29 is 9.84 Å².